The minimum Gasteiger partial charge on any atom is -0.395 e. The number of rotatable bonds is 4. The van der Waals surface area contributed by atoms with Crippen molar-refractivity contribution in [3.63, 3.8) is 0 Å². The summed E-state index contributed by atoms with van der Waals surface area (Å²) in [7, 11) is 0. The molecule has 1 heterocycles. The van der Waals surface area contributed by atoms with Gasteiger partial charge in [0.2, 0.25) is 0 Å². The average molecular weight is 256 g/mol. The maximum Gasteiger partial charge on any atom is 0.163 e. The van der Waals surface area contributed by atoms with Crippen molar-refractivity contribution in [2.24, 2.45) is 0 Å². The molecule has 1 aliphatic heterocycles. The molecule has 0 aromatic heterocycles. The number of hydrogen-bond acceptors (Lipinski definition) is 3. The molecule has 2 rings (SSSR count). The molecule has 0 unspecified atom stereocenters. The topological polar surface area (TPSA) is 26.7 Å². The van der Waals surface area contributed by atoms with E-state index in [0.29, 0.717) is 18.7 Å². The van der Waals surface area contributed by atoms with Crippen LogP contribution in [0.5, 0.6) is 0 Å². The predicted molar refractivity (Wildman–Crippen MR) is 65.2 cm³/mol. The highest BCUT2D eigenvalue weighted by Gasteiger charge is 2.18. The second-order valence-electron chi connectivity index (χ2n) is 4.55. The average Bonchev–Trinajstić information content (AvgIpc) is 2.38. The highest BCUT2D eigenvalue weighted by Crippen LogP contribution is 2.14. The molecular formula is C13H18F2N2O. The van der Waals surface area contributed by atoms with Crippen molar-refractivity contribution in [1.82, 2.24) is 9.80 Å². The van der Waals surface area contributed by atoms with Gasteiger partial charge in [-0.05, 0) is 6.07 Å². The summed E-state index contributed by atoms with van der Waals surface area (Å²) in [6, 6.07) is 4.30. The van der Waals surface area contributed by atoms with Gasteiger partial charge >= 0.3 is 0 Å². The van der Waals surface area contributed by atoms with Crippen LogP contribution in [0.25, 0.3) is 0 Å². The number of aliphatic hydroxyl groups is 1. The van der Waals surface area contributed by atoms with E-state index in [2.05, 4.69) is 9.80 Å². The summed E-state index contributed by atoms with van der Waals surface area (Å²) in [5, 5.41) is 8.84. The Hall–Kier alpha value is -1.04. The van der Waals surface area contributed by atoms with Crippen molar-refractivity contribution in [1.29, 1.82) is 0 Å². The van der Waals surface area contributed by atoms with E-state index in [1.54, 1.807) is 6.07 Å². The van der Waals surface area contributed by atoms with Crippen LogP contribution in [-0.2, 0) is 6.54 Å². The summed E-state index contributed by atoms with van der Waals surface area (Å²) in [5.74, 6) is -1.53. The van der Waals surface area contributed by atoms with Gasteiger partial charge in [-0.15, -0.1) is 0 Å². The second-order valence-corrected chi connectivity index (χ2v) is 4.55. The lowest BCUT2D eigenvalue weighted by Gasteiger charge is -2.34. The standard InChI is InChI=1S/C13H18F2N2O/c14-12-3-1-2-11(13(12)15)10-17-6-4-16(5-7-17)8-9-18/h1-3,18H,4-10H2. The summed E-state index contributed by atoms with van der Waals surface area (Å²) >= 11 is 0. The van der Waals surface area contributed by atoms with E-state index in [1.807, 2.05) is 0 Å². The number of halogens is 2. The molecule has 1 aromatic carbocycles. The SMILES string of the molecule is OCCN1CCN(Cc2cccc(F)c2F)CC1. The fourth-order valence-electron chi connectivity index (χ4n) is 2.22. The predicted octanol–water partition coefficient (Wildman–Crippen LogP) is 1.07. The number of nitrogens with zero attached hydrogens (tertiary/aromatic N) is 2. The second kappa shape index (κ2) is 6.22. The van der Waals surface area contributed by atoms with Gasteiger partial charge in [-0.25, -0.2) is 8.78 Å². The van der Waals surface area contributed by atoms with Crippen molar-refractivity contribution in [3.8, 4) is 0 Å². The van der Waals surface area contributed by atoms with Gasteiger partial charge in [0.25, 0.3) is 0 Å². The van der Waals surface area contributed by atoms with Crippen LogP contribution in [0.1, 0.15) is 5.56 Å². The molecule has 100 valence electrons. The lowest BCUT2D eigenvalue weighted by molar-refractivity contribution is 0.107. The first-order valence-electron chi connectivity index (χ1n) is 6.19. The number of hydrogen-bond donors (Lipinski definition) is 1. The number of aliphatic hydroxyl groups excluding tert-OH is 1. The summed E-state index contributed by atoms with van der Waals surface area (Å²) in [6.45, 7) is 4.64. The molecule has 3 nitrogen and oxygen atoms in total. The van der Waals surface area contributed by atoms with E-state index in [0.717, 1.165) is 32.2 Å². The molecule has 1 aliphatic rings. The summed E-state index contributed by atoms with van der Waals surface area (Å²) in [6.07, 6.45) is 0. The van der Waals surface area contributed by atoms with Crippen molar-refractivity contribution >= 4 is 0 Å². The Labute approximate surface area is 106 Å². The smallest absolute Gasteiger partial charge is 0.163 e. The lowest BCUT2D eigenvalue weighted by Crippen LogP contribution is -2.46. The maximum absolute atomic E-state index is 13.5. The Morgan fingerprint density at radius 3 is 2.39 bits per heavy atom. The fourth-order valence-corrected chi connectivity index (χ4v) is 2.22. The van der Waals surface area contributed by atoms with Crippen LogP contribution in [0.2, 0.25) is 0 Å². The normalized spacial score (nSPS) is 18.2. The molecule has 1 N–H and O–H groups in total. The third kappa shape index (κ3) is 3.25. The van der Waals surface area contributed by atoms with Gasteiger partial charge in [0.1, 0.15) is 0 Å². The Kier molecular flexibility index (Phi) is 4.63. The largest absolute Gasteiger partial charge is 0.395 e. The van der Waals surface area contributed by atoms with Crippen LogP contribution in [0.4, 0.5) is 8.78 Å². The van der Waals surface area contributed by atoms with Crippen LogP contribution in [0.15, 0.2) is 18.2 Å². The van der Waals surface area contributed by atoms with Crippen LogP contribution in [0, 0.1) is 11.6 Å². The molecule has 0 spiro atoms. The lowest BCUT2D eigenvalue weighted by atomic mass is 10.1. The number of benzene rings is 1. The third-order valence-corrected chi connectivity index (χ3v) is 3.31. The molecule has 5 heteroatoms. The van der Waals surface area contributed by atoms with E-state index in [9.17, 15) is 8.78 Å². The Morgan fingerprint density at radius 1 is 1.06 bits per heavy atom. The molecule has 0 saturated carbocycles. The summed E-state index contributed by atoms with van der Waals surface area (Å²) < 4.78 is 26.6. The summed E-state index contributed by atoms with van der Waals surface area (Å²) in [4.78, 5) is 4.27. The van der Waals surface area contributed by atoms with E-state index in [4.69, 9.17) is 5.11 Å². The Balaban J connectivity index is 1.90. The van der Waals surface area contributed by atoms with Gasteiger partial charge in [0.15, 0.2) is 11.6 Å². The minimum absolute atomic E-state index is 0.165. The van der Waals surface area contributed by atoms with Gasteiger partial charge in [0.05, 0.1) is 6.61 Å². The molecule has 0 bridgehead atoms. The molecule has 0 atom stereocenters. The van der Waals surface area contributed by atoms with Gasteiger partial charge in [-0.2, -0.15) is 0 Å². The molecule has 0 aliphatic carbocycles. The molecular weight excluding hydrogens is 238 g/mol. The quantitative estimate of drug-likeness (QED) is 0.873. The molecule has 1 aromatic rings. The third-order valence-electron chi connectivity index (χ3n) is 3.31. The fraction of sp³-hybridized carbons (Fsp3) is 0.538. The minimum atomic E-state index is -0.786. The van der Waals surface area contributed by atoms with Crippen LogP contribution < -0.4 is 0 Å². The monoisotopic (exact) mass is 256 g/mol. The van der Waals surface area contributed by atoms with Crippen molar-refractivity contribution < 1.29 is 13.9 Å². The summed E-state index contributed by atoms with van der Waals surface area (Å²) in [5.41, 5.74) is 0.408. The van der Waals surface area contributed by atoms with Crippen molar-refractivity contribution in [3.05, 3.63) is 35.4 Å². The van der Waals surface area contributed by atoms with E-state index >= 15 is 0 Å². The zero-order valence-corrected chi connectivity index (χ0v) is 10.3. The van der Waals surface area contributed by atoms with E-state index in [-0.39, 0.29) is 6.61 Å². The first-order valence-corrected chi connectivity index (χ1v) is 6.19. The molecule has 1 fully saturated rings. The van der Waals surface area contributed by atoms with Crippen LogP contribution >= 0.6 is 0 Å². The molecule has 1 saturated heterocycles. The highest BCUT2D eigenvalue weighted by molar-refractivity contribution is 5.18. The van der Waals surface area contributed by atoms with Gasteiger partial charge in [-0.3, -0.25) is 9.80 Å². The first kappa shape index (κ1) is 13.4. The Bertz CT molecular complexity index is 393. The van der Waals surface area contributed by atoms with E-state index < -0.39 is 11.6 Å². The maximum atomic E-state index is 13.5. The van der Waals surface area contributed by atoms with Crippen molar-refractivity contribution in [2.45, 2.75) is 6.54 Å². The van der Waals surface area contributed by atoms with Crippen LogP contribution in [0.3, 0.4) is 0 Å². The zero-order valence-electron chi connectivity index (χ0n) is 10.3. The van der Waals surface area contributed by atoms with Crippen molar-refractivity contribution in [2.75, 3.05) is 39.3 Å². The highest BCUT2D eigenvalue weighted by atomic mass is 19.2. The Morgan fingerprint density at radius 2 is 1.72 bits per heavy atom. The molecule has 0 radical (unpaired) electrons. The van der Waals surface area contributed by atoms with Crippen LogP contribution in [-0.4, -0.2) is 54.2 Å². The van der Waals surface area contributed by atoms with E-state index in [1.165, 1.54) is 6.07 Å². The zero-order chi connectivity index (χ0) is 13.0. The number of β-amino-alcohol motifs (C(OH)–C–C–N with tert-alkyl or cyclic N) is 1. The first-order chi connectivity index (χ1) is 8.70. The van der Waals surface area contributed by atoms with Gasteiger partial charge < -0.3 is 5.11 Å². The molecule has 18 heavy (non-hydrogen) atoms. The number of piperazine rings is 1. The molecule has 0 amide bonds. The van der Waals surface area contributed by atoms with Gasteiger partial charge in [-0.1, -0.05) is 12.1 Å². The van der Waals surface area contributed by atoms with Gasteiger partial charge in [0, 0.05) is 44.8 Å².